The standard InChI is InChI=1S/C26H24N2O9S2/c1-12-4-5-14(25(29)30)16(10-12)19-15-6-7-18(27)23(38(31,32)33)21(15)37-22-17(19)11-13-8-9-26(2,3)28-20(13)24(22)39(34,35)36/h4-7,10-11,27-28H,8-9H2,1-3H3,(H,29,30)(H,31,32,33)(H,34,35,36). The van der Waals surface area contributed by atoms with Gasteiger partial charge in [-0.05, 0) is 69.0 Å². The van der Waals surface area contributed by atoms with Gasteiger partial charge in [0, 0.05) is 22.1 Å². The van der Waals surface area contributed by atoms with E-state index in [1.165, 1.54) is 12.1 Å². The van der Waals surface area contributed by atoms with E-state index in [0.29, 0.717) is 24.0 Å². The lowest BCUT2D eigenvalue weighted by molar-refractivity contribution is 0.0697. The molecule has 5 N–H and O–H groups in total. The van der Waals surface area contributed by atoms with Gasteiger partial charge in [0.05, 0.1) is 16.6 Å². The second-order valence-corrected chi connectivity index (χ2v) is 12.9. The molecule has 0 radical (unpaired) electrons. The maximum atomic E-state index is 12.8. The van der Waals surface area contributed by atoms with Gasteiger partial charge in [-0.3, -0.25) is 14.5 Å². The average Bonchev–Trinajstić information content (AvgIpc) is 2.78. The van der Waals surface area contributed by atoms with E-state index in [1.807, 2.05) is 13.8 Å². The first-order valence-electron chi connectivity index (χ1n) is 11.7. The van der Waals surface area contributed by atoms with Gasteiger partial charge in [0.2, 0.25) is 0 Å². The van der Waals surface area contributed by atoms with E-state index in [1.54, 1.807) is 25.1 Å². The Balaban J connectivity index is 2.14. The van der Waals surface area contributed by atoms with Crippen molar-refractivity contribution in [2.24, 2.45) is 0 Å². The Labute approximate surface area is 223 Å². The molecule has 0 amide bonds. The summed E-state index contributed by atoms with van der Waals surface area (Å²) in [6.45, 7) is 5.40. The average molecular weight is 573 g/mol. The Morgan fingerprint density at radius 2 is 1.67 bits per heavy atom. The zero-order valence-electron chi connectivity index (χ0n) is 21.0. The minimum absolute atomic E-state index is 0.0181. The molecule has 11 nitrogen and oxygen atoms in total. The third-order valence-corrected chi connectivity index (χ3v) is 8.67. The number of aryl methyl sites for hydroxylation is 2. The van der Waals surface area contributed by atoms with Gasteiger partial charge < -0.3 is 14.8 Å². The van der Waals surface area contributed by atoms with Crippen molar-refractivity contribution >= 4 is 42.9 Å². The fraction of sp³-hybridized carbons (Fsp3) is 0.231. The van der Waals surface area contributed by atoms with Crippen LogP contribution in [0.15, 0.2) is 50.6 Å². The number of aromatic carboxylic acids is 1. The maximum Gasteiger partial charge on any atom is 0.336 e. The molecule has 0 spiro atoms. The number of benzene rings is 3. The topological polar surface area (TPSA) is 195 Å². The molecule has 5 rings (SSSR count). The van der Waals surface area contributed by atoms with E-state index in [4.69, 9.17) is 9.83 Å². The maximum absolute atomic E-state index is 12.8. The molecule has 2 aromatic carbocycles. The molecular formula is C26H24N2O9S2. The molecule has 1 aliphatic carbocycles. The molecule has 13 heteroatoms. The van der Waals surface area contributed by atoms with Crippen LogP contribution < -0.4 is 10.7 Å². The van der Waals surface area contributed by atoms with Crippen molar-refractivity contribution in [2.45, 2.75) is 48.9 Å². The van der Waals surface area contributed by atoms with Crippen molar-refractivity contribution in [3.05, 3.63) is 58.4 Å². The first-order valence-corrected chi connectivity index (χ1v) is 14.6. The van der Waals surface area contributed by atoms with Crippen molar-refractivity contribution in [1.29, 1.82) is 5.41 Å². The second-order valence-electron chi connectivity index (χ2n) is 10.2. The van der Waals surface area contributed by atoms with Gasteiger partial charge in [0.1, 0.15) is 0 Å². The number of carboxylic acids is 1. The highest BCUT2D eigenvalue weighted by atomic mass is 32.2. The molecule has 2 aliphatic heterocycles. The summed E-state index contributed by atoms with van der Waals surface area (Å²) < 4.78 is 76.7. The van der Waals surface area contributed by atoms with Gasteiger partial charge in [0.25, 0.3) is 20.2 Å². The van der Waals surface area contributed by atoms with Crippen LogP contribution in [-0.4, -0.2) is 42.6 Å². The highest BCUT2D eigenvalue weighted by Gasteiger charge is 2.36. The third-order valence-electron chi connectivity index (χ3n) is 6.85. The molecule has 2 aromatic rings. The molecule has 0 saturated carbocycles. The van der Waals surface area contributed by atoms with E-state index < -0.39 is 58.2 Å². The number of fused-ring (bicyclic) bond motifs is 3. The van der Waals surface area contributed by atoms with Crippen molar-refractivity contribution in [2.75, 3.05) is 5.32 Å². The SMILES string of the molecule is Cc1ccc(C(=O)O)c(-c2c3ccc(=N)c(S(=O)(=O)O)c-3oc3c(S(=O)(=O)O)c4c(cc23)CCC(C)(C)N4)c1. The molecule has 0 aromatic heterocycles. The Morgan fingerprint density at radius 3 is 2.28 bits per heavy atom. The van der Waals surface area contributed by atoms with Gasteiger partial charge in [0.15, 0.2) is 21.1 Å². The third kappa shape index (κ3) is 4.46. The summed E-state index contributed by atoms with van der Waals surface area (Å²) in [4.78, 5) is 10.7. The minimum atomic E-state index is -5.07. The van der Waals surface area contributed by atoms with Crippen LogP contribution in [0.5, 0.6) is 0 Å². The number of nitrogens with one attached hydrogen (secondary N) is 2. The van der Waals surface area contributed by atoms with Crippen molar-refractivity contribution in [3.8, 4) is 22.5 Å². The Hall–Kier alpha value is -3.78. The highest BCUT2D eigenvalue weighted by Crippen LogP contribution is 2.48. The minimum Gasteiger partial charge on any atom is -0.478 e. The lowest BCUT2D eigenvalue weighted by Crippen LogP contribution is -2.36. The molecular weight excluding hydrogens is 548 g/mol. The molecule has 2 heterocycles. The Bertz CT molecular complexity index is 1980. The van der Waals surface area contributed by atoms with Gasteiger partial charge in [-0.1, -0.05) is 17.7 Å². The molecule has 0 fully saturated rings. The number of rotatable bonds is 4. The summed E-state index contributed by atoms with van der Waals surface area (Å²) >= 11 is 0. The smallest absolute Gasteiger partial charge is 0.336 e. The predicted molar refractivity (Wildman–Crippen MR) is 141 cm³/mol. The second kappa shape index (κ2) is 8.61. The molecule has 204 valence electrons. The summed E-state index contributed by atoms with van der Waals surface area (Å²) in [5.74, 6) is -1.86. The van der Waals surface area contributed by atoms with Gasteiger partial charge in [-0.15, -0.1) is 0 Å². The molecule has 0 saturated heterocycles. The van der Waals surface area contributed by atoms with Gasteiger partial charge in [-0.2, -0.15) is 16.8 Å². The van der Waals surface area contributed by atoms with E-state index in [2.05, 4.69) is 5.32 Å². The fourth-order valence-corrected chi connectivity index (χ4v) is 6.67. The van der Waals surface area contributed by atoms with Crippen LogP contribution in [-0.2, 0) is 26.7 Å². The lowest BCUT2D eigenvalue weighted by Gasteiger charge is -2.35. The molecule has 0 unspecified atom stereocenters. The monoisotopic (exact) mass is 572 g/mol. The van der Waals surface area contributed by atoms with Crippen LogP contribution in [0.4, 0.5) is 5.69 Å². The van der Waals surface area contributed by atoms with Crippen molar-refractivity contribution in [1.82, 2.24) is 0 Å². The first-order chi connectivity index (χ1) is 18.0. The number of hydrogen-bond donors (Lipinski definition) is 5. The van der Waals surface area contributed by atoms with E-state index >= 15 is 0 Å². The van der Waals surface area contributed by atoms with E-state index in [9.17, 15) is 35.8 Å². The summed E-state index contributed by atoms with van der Waals surface area (Å²) in [6, 6.07) is 8.56. The van der Waals surface area contributed by atoms with Gasteiger partial charge in [-0.25, -0.2) is 4.79 Å². The Kier molecular flexibility index (Phi) is 5.92. The van der Waals surface area contributed by atoms with Crippen LogP contribution in [0.25, 0.3) is 33.4 Å². The van der Waals surface area contributed by atoms with Crippen LogP contribution in [0, 0.1) is 12.3 Å². The number of carbonyl (C=O) groups is 1. The van der Waals surface area contributed by atoms with Crippen LogP contribution in [0.1, 0.15) is 41.8 Å². The molecule has 3 aliphatic rings. The van der Waals surface area contributed by atoms with Gasteiger partial charge >= 0.3 is 5.97 Å². The van der Waals surface area contributed by atoms with Crippen molar-refractivity contribution < 1.29 is 40.3 Å². The molecule has 0 atom stereocenters. The largest absolute Gasteiger partial charge is 0.478 e. The molecule has 0 bridgehead atoms. The number of anilines is 1. The highest BCUT2D eigenvalue weighted by molar-refractivity contribution is 7.86. The normalized spacial score (nSPS) is 15.2. The number of carboxylic acid groups (broad SMARTS) is 1. The lowest BCUT2D eigenvalue weighted by atomic mass is 9.85. The Morgan fingerprint density at radius 1 is 1.00 bits per heavy atom. The molecule has 39 heavy (non-hydrogen) atoms. The van der Waals surface area contributed by atoms with E-state index in [-0.39, 0.29) is 33.3 Å². The van der Waals surface area contributed by atoms with Crippen molar-refractivity contribution in [3.63, 3.8) is 0 Å². The number of hydrogen-bond acceptors (Lipinski definition) is 8. The van der Waals surface area contributed by atoms with Crippen LogP contribution >= 0.6 is 0 Å². The first kappa shape index (κ1) is 26.8. The summed E-state index contributed by atoms with van der Waals surface area (Å²) in [7, 11) is -10.1. The van der Waals surface area contributed by atoms with Crippen LogP contribution in [0.2, 0.25) is 0 Å². The van der Waals surface area contributed by atoms with Crippen LogP contribution in [0.3, 0.4) is 0 Å². The summed E-state index contributed by atoms with van der Waals surface area (Å²) in [5, 5.41) is 20.7. The summed E-state index contributed by atoms with van der Waals surface area (Å²) in [6.07, 6.45) is 1.02. The fourth-order valence-electron chi connectivity index (χ4n) is 5.11. The quantitative estimate of drug-likeness (QED) is 0.173. The van der Waals surface area contributed by atoms with E-state index in [0.717, 1.165) is 6.07 Å². The zero-order chi connectivity index (χ0) is 28.7. The predicted octanol–water partition coefficient (Wildman–Crippen LogP) is 4.32. The zero-order valence-corrected chi connectivity index (χ0v) is 22.6. The summed E-state index contributed by atoms with van der Waals surface area (Å²) in [5.41, 5.74) is 0.286.